The number of hydrogen-bond donors (Lipinski definition) is 1. The summed E-state index contributed by atoms with van der Waals surface area (Å²) in [4.78, 5) is 15.3. The molecule has 1 aromatic rings. The standard InChI is InChI=1S/C13H22N2O4/c1-4-18-12(16)11-9-19-13(15-11)14-6-8-17-7-5-10(2)3/h9-10H,4-8H2,1-3H3,(H,14,15). The average molecular weight is 270 g/mol. The highest BCUT2D eigenvalue weighted by atomic mass is 16.5. The Morgan fingerprint density at radius 2 is 2.26 bits per heavy atom. The Labute approximate surface area is 113 Å². The molecule has 0 aliphatic rings. The Kier molecular flexibility index (Phi) is 6.95. The Bertz CT molecular complexity index is 376. The monoisotopic (exact) mass is 270 g/mol. The molecule has 1 aromatic heterocycles. The van der Waals surface area contributed by atoms with Gasteiger partial charge < -0.3 is 19.2 Å². The van der Waals surface area contributed by atoms with Crippen LogP contribution >= 0.6 is 0 Å². The van der Waals surface area contributed by atoms with E-state index in [1.54, 1.807) is 6.92 Å². The number of rotatable bonds is 9. The Morgan fingerprint density at radius 1 is 1.47 bits per heavy atom. The van der Waals surface area contributed by atoms with Crippen molar-refractivity contribution in [2.45, 2.75) is 27.2 Å². The molecule has 19 heavy (non-hydrogen) atoms. The third-order valence-electron chi connectivity index (χ3n) is 2.35. The molecule has 0 saturated carbocycles. The zero-order chi connectivity index (χ0) is 14.1. The molecule has 0 saturated heterocycles. The molecule has 0 bridgehead atoms. The second kappa shape index (κ2) is 8.53. The molecule has 1 N–H and O–H groups in total. The largest absolute Gasteiger partial charge is 0.461 e. The van der Waals surface area contributed by atoms with E-state index in [2.05, 4.69) is 24.1 Å². The summed E-state index contributed by atoms with van der Waals surface area (Å²) in [5.41, 5.74) is 0.171. The molecule has 6 nitrogen and oxygen atoms in total. The molecule has 0 amide bonds. The molecule has 108 valence electrons. The van der Waals surface area contributed by atoms with Crippen LogP contribution in [0, 0.1) is 5.92 Å². The molecule has 0 spiro atoms. The molecule has 1 rings (SSSR count). The topological polar surface area (TPSA) is 73.6 Å². The number of oxazole rings is 1. The number of anilines is 1. The van der Waals surface area contributed by atoms with Crippen LogP contribution in [0.1, 0.15) is 37.7 Å². The van der Waals surface area contributed by atoms with Crippen LogP contribution < -0.4 is 5.32 Å². The highest BCUT2D eigenvalue weighted by Crippen LogP contribution is 2.08. The lowest BCUT2D eigenvalue weighted by molar-refractivity contribution is 0.0519. The number of ether oxygens (including phenoxy) is 2. The van der Waals surface area contributed by atoms with Gasteiger partial charge in [0, 0.05) is 13.2 Å². The van der Waals surface area contributed by atoms with Crippen molar-refractivity contribution < 1.29 is 18.7 Å². The van der Waals surface area contributed by atoms with Gasteiger partial charge in [0.1, 0.15) is 6.26 Å². The van der Waals surface area contributed by atoms with Gasteiger partial charge in [-0.15, -0.1) is 0 Å². The third kappa shape index (κ3) is 6.24. The molecule has 6 heteroatoms. The molecule has 0 aromatic carbocycles. The number of carbonyl (C=O) groups excluding carboxylic acids is 1. The lowest BCUT2D eigenvalue weighted by atomic mass is 10.1. The van der Waals surface area contributed by atoms with Crippen LogP contribution in [0.25, 0.3) is 0 Å². The van der Waals surface area contributed by atoms with E-state index in [0.717, 1.165) is 13.0 Å². The fourth-order valence-corrected chi connectivity index (χ4v) is 1.30. The van der Waals surface area contributed by atoms with Gasteiger partial charge in [-0.05, 0) is 19.3 Å². The molecular formula is C13H22N2O4. The van der Waals surface area contributed by atoms with Crippen LogP contribution in [-0.2, 0) is 9.47 Å². The summed E-state index contributed by atoms with van der Waals surface area (Å²) in [6.45, 7) is 8.28. The van der Waals surface area contributed by atoms with Gasteiger partial charge in [-0.3, -0.25) is 0 Å². The van der Waals surface area contributed by atoms with Gasteiger partial charge in [-0.1, -0.05) is 13.8 Å². The zero-order valence-corrected chi connectivity index (χ0v) is 11.8. The van der Waals surface area contributed by atoms with E-state index in [9.17, 15) is 4.79 Å². The van der Waals surface area contributed by atoms with E-state index in [1.165, 1.54) is 6.26 Å². The summed E-state index contributed by atoms with van der Waals surface area (Å²) in [7, 11) is 0. The first-order valence-electron chi connectivity index (χ1n) is 6.57. The number of nitrogens with one attached hydrogen (secondary N) is 1. The van der Waals surface area contributed by atoms with Crippen molar-refractivity contribution in [1.82, 2.24) is 4.98 Å². The predicted octanol–water partition coefficient (Wildman–Crippen LogP) is 2.33. The van der Waals surface area contributed by atoms with Crippen LogP contribution in [0.3, 0.4) is 0 Å². The van der Waals surface area contributed by atoms with Crippen molar-refractivity contribution in [3.8, 4) is 0 Å². The second-order valence-electron chi connectivity index (χ2n) is 4.48. The molecule has 0 radical (unpaired) electrons. The maximum absolute atomic E-state index is 11.3. The SMILES string of the molecule is CCOC(=O)c1coc(NCCOCCC(C)C)n1. The van der Waals surface area contributed by atoms with Crippen molar-refractivity contribution in [3.63, 3.8) is 0 Å². The van der Waals surface area contributed by atoms with Crippen molar-refractivity contribution in [2.75, 3.05) is 31.7 Å². The number of carbonyl (C=O) groups is 1. The van der Waals surface area contributed by atoms with Crippen molar-refractivity contribution in [1.29, 1.82) is 0 Å². The van der Waals surface area contributed by atoms with Crippen LogP contribution in [0.2, 0.25) is 0 Å². The van der Waals surface area contributed by atoms with Gasteiger partial charge in [0.25, 0.3) is 6.01 Å². The van der Waals surface area contributed by atoms with E-state index >= 15 is 0 Å². The number of aromatic nitrogens is 1. The lowest BCUT2D eigenvalue weighted by Crippen LogP contribution is -2.11. The summed E-state index contributed by atoms with van der Waals surface area (Å²) in [6.07, 6.45) is 2.33. The smallest absolute Gasteiger partial charge is 0.360 e. The fraction of sp³-hybridized carbons (Fsp3) is 0.692. The average Bonchev–Trinajstić information content (AvgIpc) is 2.82. The van der Waals surface area contributed by atoms with Gasteiger partial charge in [0.15, 0.2) is 5.69 Å². The van der Waals surface area contributed by atoms with E-state index in [-0.39, 0.29) is 5.69 Å². The quantitative estimate of drug-likeness (QED) is 0.548. The van der Waals surface area contributed by atoms with Gasteiger partial charge in [0.2, 0.25) is 0 Å². The first kappa shape index (κ1) is 15.5. The van der Waals surface area contributed by atoms with E-state index in [0.29, 0.717) is 31.7 Å². The van der Waals surface area contributed by atoms with E-state index in [4.69, 9.17) is 13.9 Å². The summed E-state index contributed by atoms with van der Waals surface area (Å²) >= 11 is 0. The van der Waals surface area contributed by atoms with Crippen LogP contribution in [-0.4, -0.2) is 37.3 Å². The minimum absolute atomic E-state index is 0.171. The minimum Gasteiger partial charge on any atom is -0.461 e. The Morgan fingerprint density at radius 3 is 2.95 bits per heavy atom. The highest BCUT2D eigenvalue weighted by Gasteiger charge is 2.12. The maximum atomic E-state index is 11.3. The molecule has 1 heterocycles. The predicted molar refractivity (Wildman–Crippen MR) is 71.2 cm³/mol. The number of esters is 1. The summed E-state index contributed by atoms with van der Waals surface area (Å²) in [5, 5.41) is 2.94. The van der Waals surface area contributed by atoms with Crippen LogP contribution in [0.4, 0.5) is 6.01 Å². The summed E-state index contributed by atoms with van der Waals surface area (Å²) in [6, 6.07) is 0.301. The summed E-state index contributed by atoms with van der Waals surface area (Å²) in [5.74, 6) is 0.166. The van der Waals surface area contributed by atoms with E-state index < -0.39 is 5.97 Å². The van der Waals surface area contributed by atoms with Gasteiger partial charge in [-0.2, -0.15) is 4.98 Å². The second-order valence-corrected chi connectivity index (χ2v) is 4.48. The van der Waals surface area contributed by atoms with Crippen LogP contribution in [0.5, 0.6) is 0 Å². The van der Waals surface area contributed by atoms with Gasteiger partial charge in [-0.25, -0.2) is 4.79 Å². The van der Waals surface area contributed by atoms with Crippen LogP contribution in [0.15, 0.2) is 10.7 Å². The third-order valence-corrected chi connectivity index (χ3v) is 2.35. The van der Waals surface area contributed by atoms with Gasteiger partial charge >= 0.3 is 5.97 Å². The summed E-state index contributed by atoms with van der Waals surface area (Å²) < 4.78 is 15.3. The Hall–Kier alpha value is -1.56. The zero-order valence-electron chi connectivity index (χ0n) is 11.8. The molecular weight excluding hydrogens is 248 g/mol. The number of hydrogen-bond acceptors (Lipinski definition) is 6. The molecule has 0 aliphatic carbocycles. The fourth-order valence-electron chi connectivity index (χ4n) is 1.30. The minimum atomic E-state index is -0.479. The first-order valence-corrected chi connectivity index (χ1v) is 6.57. The molecule has 0 atom stereocenters. The molecule has 0 aliphatic heterocycles. The van der Waals surface area contributed by atoms with Crippen molar-refractivity contribution in [2.24, 2.45) is 5.92 Å². The van der Waals surface area contributed by atoms with Crippen molar-refractivity contribution >= 4 is 12.0 Å². The maximum Gasteiger partial charge on any atom is 0.360 e. The van der Waals surface area contributed by atoms with Gasteiger partial charge in [0.05, 0.1) is 13.2 Å². The van der Waals surface area contributed by atoms with Crippen molar-refractivity contribution in [3.05, 3.63) is 12.0 Å². The highest BCUT2D eigenvalue weighted by molar-refractivity contribution is 5.87. The number of nitrogens with zero attached hydrogens (tertiary/aromatic N) is 1. The first-order chi connectivity index (χ1) is 9.13. The Balaban J connectivity index is 2.18. The van der Waals surface area contributed by atoms with E-state index in [1.807, 2.05) is 0 Å². The molecule has 0 unspecified atom stereocenters. The normalized spacial score (nSPS) is 10.7. The molecule has 0 fully saturated rings. The lowest BCUT2D eigenvalue weighted by Gasteiger charge is -2.06.